The van der Waals surface area contributed by atoms with Crippen LogP contribution in [0.3, 0.4) is 0 Å². The number of carboxylic acids is 1. The highest BCUT2D eigenvalue weighted by molar-refractivity contribution is 8.09. The van der Waals surface area contributed by atoms with Crippen LogP contribution >= 0.6 is 11.8 Å². The summed E-state index contributed by atoms with van der Waals surface area (Å²) >= 11 is 1.53. The van der Waals surface area contributed by atoms with Crippen LogP contribution in [0.15, 0.2) is 36.5 Å². The molecule has 1 aliphatic heterocycles. The lowest BCUT2D eigenvalue weighted by molar-refractivity contribution is -0.133. The zero-order valence-corrected chi connectivity index (χ0v) is 11.2. The fourth-order valence-corrected chi connectivity index (χ4v) is 2.97. The van der Waals surface area contributed by atoms with Gasteiger partial charge in [0.2, 0.25) is 0 Å². The van der Waals surface area contributed by atoms with E-state index < -0.39 is 5.97 Å². The molecule has 0 radical (unpaired) electrons. The Morgan fingerprint density at radius 2 is 2.00 bits per heavy atom. The first-order valence-electron chi connectivity index (χ1n) is 5.60. The molecule has 0 fully saturated rings. The van der Waals surface area contributed by atoms with Crippen LogP contribution < -0.4 is 5.32 Å². The summed E-state index contributed by atoms with van der Waals surface area (Å²) in [5, 5.41) is 12.3. The van der Waals surface area contributed by atoms with E-state index in [4.69, 9.17) is 0 Å². The molecule has 0 atom stereocenters. The van der Waals surface area contributed by atoms with E-state index in [-0.39, 0.29) is 10.6 Å². The fraction of sp³-hybridized carbons (Fsp3) is 0.214. The minimum Gasteiger partial charge on any atom is -0.477 e. The van der Waals surface area contributed by atoms with Gasteiger partial charge in [-0.15, -0.1) is 0 Å². The molecule has 1 heterocycles. The molecular formula is C14H15NO2S. The van der Waals surface area contributed by atoms with Crippen LogP contribution in [0.2, 0.25) is 0 Å². The monoisotopic (exact) mass is 261 g/mol. The number of nitrogens with one attached hydrogen (secondary N) is 1. The first-order chi connectivity index (χ1) is 8.43. The third kappa shape index (κ3) is 2.43. The predicted octanol–water partition coefficient (Wildman–Crippen LogP) is 3.16. The van der Waals surface area contributed by atoms with Crippen LogP contribution in [0.1, 0.15) is 25.0 Å². The number of hydrogen-bond donors (Lipinski definition) is 2. The molecule has 2 N–H and O–H groups in total. The summed E-state index contributed by atoms with van der Waals surface area (Å²) in [6.45, 7) is 7.63. The summed E-state index contributed by atoms with van der Waals surface area (Å²) in [6, 6.07) is 7.71. The van der Waals surface area contributed by atoms with Crippen LogP contribution in [0.25, 0.3) is 11.0 Å². The summed E-state index contributed by atoms with van der Waals surface area (Å²) in [4.78, 5) is 11.7. The standard InChI is InChI=1S/C14H15NO2S/c1-4-9-5-7-10(8-6-9)12-11(13(16)17)15-14(2,3)18-12/h4-8,15H,1H2,2-3H3,(H,16,17). The second-order valence-electron chi connectivity index (χ2n) is 4.57. The molecule has 2 rings (SSSR count). The average Bonchev–Trinajstić information content (AvgIpc) is 2.66. The molecule has 1 aromatic carbocycles. The van der Waals surface area contributed by atoms with E-state index in [1.807, 2.05) is 38.1 Å². The fourth-order valence-electron chi connectivity index (χ4n) is 1.81. The SMILES string of the molecule is C=Cc1ccc(C2=C(C(=O)O)NC(C)(C)S2)cc1. The molecule has 0 spiro atoms. The molecule has 4 heteroatoms. The Hall–Kier alpha value is -1.68. The van der Waals surface area contributed by atoms with Gasteiger partial charge in [0.25, 0.3) is 0 Å². The lowest BCUT2D eigenvalue weighted by atomic mass is 10.1. The third-order valence-corrected chi connectivity index (χ3v) is 3.89. The van der Waals surface area contributed by atoms with Crippen LogP contribution in [-0.2, 0) is 4.79 Å². The number of carboxylic acid groups (broad SMARTS) is 1. The summed E-state index contributed by atoms with van der Waals surface area (Å²) in [5.74, 6) is -0.920. The van der Waals surface area contributed by atoms with E-state index in [0.29, 0.717) is 0 Å². The Bertz CT molecular complexity index is 529. The quantitative estimate of drug-likeness (QED) is 0.877. The van der Waals surface area contributed by atoms with Gasteiger partial charge in [-0.25, -0.2) is 4.79 Å². The highest BCUT2D eigenvalue weighted by Gasteiger charge is 2.34. The van der Waals surface area contributed by atoms with Gasteiger partial charge in [0.05, 0.1) is 4.87 Å². The Morgan fingerprint density at radius 1 is 1.39 bits per heavy atom. The van der Waals surface area contributed by atoms with Crippen molar-refractivity contribution in [1.82, 2.24) is 5.32 Å². The van der Waals surface area contributed by atoms with Crippen molar-refractivity contribution in [3.05, 3.63) is 47.7 Å². The molecule has 18 heavy (non-hydrogen) atoms. The van der Waals surface area contributed by atoms with Crippen LogP contribution in [0.4, 0.5) is 0 Å². The molecule has 0 aliphatic carbocycles. The number of rotatable bonds is 3. The van der Waals surface area contributed by atoms with E-state index in [2.05, 4.69) is 11.9 Å². The lowest BCUT2D eigenvalue weighted by Crippen LogP contribution is -2.32. The van der Waals surface area contributed by atoms with Crippen molar-refractivity contribution >= 4 is 28.7 Å². The molecule has 1 aliphatic rings. The van der Waals surface area contributed by atoms with Crippen molar-refractivity contribution in [3.63, 3.8) is 0 Å². The van der Waals surface area contributed by atoms with E-state index in [1.165, 1.54) is 11.8 Å². The highest BCUT2D eigenvalue weighted by Crippen LogP contribution is 2.44. The van der Waals surface area contributed by atoms with Gasteiger partial charge in [-0.1, -0.05) is 48.7 Å². The van der Waals surface area contributed by atoms with Crippen molar-refractivity contribution in [2.75, 3.05) is 0 Å². The van der Waals surface area contributed by atoms with Gasteiger partial charge < -0.3 is 10.4 Å². The third-order valence-electron chi connectivity index (χ3n) is 2.63. The predicted molar refractivity (Wildman–Crippen MR) is 75.9 cm³/mol. The molecule has 94 valence electrons. The van der Waals surface area contributed by atoms with Crippen LogP contribution in [0, 0.1) is 0 Å². The van der Waals surface area contributed by atoms with Gasteiger partial charge >= 0.3 is 5.97 Å². The smallest absolute Gasteiger partial charge is 0.353 e. The number of carbonyl (C=O) groups is 1. The normalized spacial score (nSPS) is 17.4. The van der Waals surface area contributed by atoms with Crippen molar-refractivity contribution in [1.29, 1.82) is 0 Å². The molecule has 0 amide bonds. The van der Waals surface area contributed by atoms with Crippen LogP contribution in [0.5, 0.6) is 0 Å². The summed E-state index contributed by atoms with van der Waals surface area (Å²) in [5.41, 5.74) is 2.21. The van der Waals surface area contributed by atoms with Gasteiger partial charge in [-0.3, -0.25) is 0 Å². The topological polar surface area (TPSA) is 49.3 Å². The van der Waals surface area contributed by atoms with Gasteiger partial charge in [-0.2, -0.15) is 0 Å². The maximum absolute atomic E-state index is 11.2. The maximum atomic E-state index is 11.2. The highest BCUT2D eigenvalue weighted by atomic mass is 32.2. The van der Waals surface area contributed by atoms with Gasteiger partial charge in [0.15, 0.2) is 0 Å². The lowest BCUT2D eigenvalue weighted by Gasteiger charge is -2.18. The Morgan fingerprint density at radius 3 is 2.50 bits per heavy atom. The second kappa shape index (κ2) is 4.53. The molecule has 3 nitrogen and oxygen atoms in total. The average molecular weight is 261 g/mol. The first-order valence-corrected chi connectivity index (χ1v) is 6.42. The Labute approximate surface area is 111 Å². The maximum Gasteiger partial charge on any atom is 0.353 e. The largest absolute Gasteiger partial charge is 0.477 e. The van der Waals surface area contributed by atoms with E-state index >= 15 is 0 Å². The number of thioether (sulfide) groups is 1. The van der Waals surface area contributed by atoms with E-state index in [1.54, 1.807) is 6.08 Å². The Kier molecular flexibility index (Phi) is 3.22. The van der Waals surface area contributed by atoms with Crippen molar-refractivity contribution in [3.8, 4) is 0 Å². The first kappa shape index (κ1) is 12.8. The molecule has 0 saturated heterocycles. The van der Waals surface area contributed by atoms with E-state index in [0.717, 1.165) is 16.0 Å². The minimum atomic E-state index is -0.920. The van der Waals surface area contributed by atoms with Crippen LogP contribution in [-0.4, -0.2) is 15.9 Å². The molecule has 0 saturated carbocycles. The number of benzene rings is 1. The van der Waals surface area contributed by atoms with E-state index in [9.17, 15) is 9.90 Å². The number of aliphatic carboxylic acids is 1. The minimum absolute atomic E-state index is 0.274. The second-order valence-corrected chi connectivity index (χ2v) is 6.21. The van der Waals surface area contributed by atoms with Gasteiger partial charge in [-0.05, 0) is 25.0 Å². The molecular weight excluding hydrogens is 246 g/mol. The van der Waals surface area contributed by atoms with Crippen molar-refractivity contribution in [2.24, 2.45) is 0 Å². The number of hydrogen-bond acceptors (Lipinski definition) is 3. The molecule has 0 bridgehead atoms. The summed E-state index contributed by atoms with van der Waals surface area (Å²) < 4.78 is 0. The van der Waals surface area contributed by atoms with Crippen molar-refractivity contribution in [2.45, 2.75) is 18.7 Å². The zero-order chi connectivity index (χ0) is 13.3. The Balaban J connectivity index is 2.43. The molecule has 0 aromatic heterocycles. The zero-order valence-electron chi connectivity index (χ0n) is 10.4. The summed E-state index contributed by atoms with van der Waals surface area (Å²) in [6.07, 6.45) is 1.76. The molecule has 0 unspecified atom stereocenters. The van der Waals surface area contributed by atoms with Gasteiger partial charge in [0, 0.05) is 4.91 Å². The summed E-state index contributed by atoms with van der Waals surface area (Å²) in [7, 11) is 0. The van der Waals surface area contributed by atoms with Gasteiger partial charge in [0.1, 0.15) is 5.70 Å². The van der Waals surface area contributed by atoms with Crippen molar-refractivity contribution < 1.29 is 9.90 Å². The molecule has 1 aromatic rings.